The summed E-state index contributed by atoms with van der Waals surface area (Å²) in [5.74, 6) is 0.582. The highest BCUT2D eigenvalue weighted by Crippen LogP contribution is 2.30. The molecule has 0 aliphatic carbocycles. The summed E-state index contributed by atoms with van der Waals surface area (Å²) >= 11 is 4.38. The molecule has 7 heteroatoms. The number of aromatic nitrogens is 2. The molecular weight excluding hydrogens is 252 g/mol. The van der Waals surface area contributed by atoms with Gasteiger partial charge >= 0.3 is 5.69 Å². The monoisotopic (exact) mass is 270 g/mol. The van der Waals surface area contributed by atoms with Crippen molar-refractivity contribution >= 4 is 24.1 Å². The van der Waals surface area contributed by atoms with Crippen molar-refractivity contribution < 1.29 is 0 Å². The molecule has 18 heavy (non-hydrogen) atoms. The Balaban J connectivity index is 2.55. The lowest BCUT2D eigenvalue weighted by Crippen LogP contribution is -2.35. The van der Waals surface area contributed by atoms with Crippen molar-refractivity contribution in [3.8, 4) is 0 Å². The van der Waals surface area contributed by atoms with E-state index in [1.54, 1.807) is 4.57 Å². The van der Waals surface area contributed by atoms with Crippen molar-refractivity contribution in [2.75, 3.05) is 16.8 Å². The molecule has 0 spiro atoms. The zero-order chi connectivity index (χ0) is 13.3. The second-order valence-electron chi connectivity index (χ2n) is 4.27. The van der Waals surface area contributed by atoms with Gasteiger partial charge in [-0.05, 0) is 13.3 Å². The standard InChI is InChI=1S/C11H18N4O2S/c1-3-5-6-15-8-7(9(16)13-10(15)17)14(4-2)11(18)12-8/h11-12,18H,3-6H2,1-2H3,(H,13,16,17). The number of fused-ring (bicyclic) bond motifs is 1. The lowest BCUT2D eigenvalue weighted by Gasteiger charge is -2.19. The molecule has 1 aromatic rings. The molecule has 1 atom stereocenters. The van der Waals surface area contributed by atoms with Gasteiger partial charge in [0.15, 0.2) is 0 Å². The van der Waals surface area contributed by atoms with Crippen LogP contribution >= 0.6 is 12.6 Å². The minimum absolute atomic E-state index is 0.263. The molecule has 1 aromatic heterocycles. The summed E-state index contributed by atoms with van der Waals surface area (Å²) < 4.78 is 1.58. The van der Waals surface area contributed by atoms with Crippen LogP contribution < -0.4 is 21.5 Å². The largest absolute Gasteiger partial charge is 0.341 e. The van der Waals surface area contributed by atoms with E-state index in [0.717, 1.165) is 12.8 Å². The Morgan fingerprint density at radius 1 is 1.33 bits per heavy atom. The molecule has 0 radical (unpaired) electrons. The normalized spacial score (nSPS) is 17.7. The highest BCUT2D eigenvalue weighted by atomic mass is 32.1. The van der Waals surface area contributed by atoms with Crippen molar-refractivity contribution in [1.82, 2.24) is 9.55 Å². The zero-order valence-electron chi connectivity index (χ0n) is 10.6. The Hall–Kier alpha value is -1.37. The van der Waals surface area contributed by atoms with E-state index in [-0.39, 0.29) is 16.7 Å². The molecule has 1 aliphatic heterocycles. The molecule has 0 saturated carbocycles. The average molecular weight is 270 g/mol. The quantitative estimate of drug-likeness (QED) is 0.708. The van der Waals surface area contributed by atoms with Crippen LogP contribution in [0.2, 0.25) is 0 Å². The summed E-state index contributed by atoms with van der Waals surface area (Å²) in [7, 11) is 0. The molecule has 0 amide bonds. The number of rotatable bonds is 4. The Morgan fingerprint density at radius 2 is 2.06 bits per heavy atom. The van der Waals surface area contributed by atoms with Crippen molar-refractivity contribution in [1.29, 1.82) is 0 Å². The first-order valence-corrected chi connectivity index (χ1v) is 6.70. The van der Waals surface area contributed by atoms with Gasteiger partial charge in [-0.3, -0.25) is 14.3 Å². The third kappa shape index (κ3) is 2.03. The summed E-state index contributed by atoms with van der Waals surface area (Å²) in [4.78, 5) is 27.9. The van der Waals surface area contributed by atoms with Gasteiger partial charge in [-0.25, -0.2) is 4.79 Å². The Labute approximate surface area is 110 Å². The minimum Gasteiger partial charge on any atom is -0.341 e. The van der Waals surface area contributed by atoms with Crippen molar-refractivity contribution in [2.24, 2.45) is 0 Å². The summed E-state index contributed by atoms with van der Waals surface area (Å²) in [6.45, 7) is 5.26. The molecule has 0 saturated heterocycles. The number of nitrogens with zero attached hydrogens (tertiary/aromatic N) is 2. The van der Waals surface area contributed by atoms with Crippen molar-refractivity contribution in [3.05, 3.63) is 20.8 Å². The smallest absolute Gasteiger partial charge is 0.330 e. The van der Waals surface area contributed by atoms with Gasteiger partial charge in [0.25, 0.3) is 5.56 Å². The van der Waals surface area contributed by atoms with Crippen LogP contribution in [-0.2, 0) is 6.54 Å². The number of unbranched alkanes of at least 4 members (excludes halogenated alkanes) is 1. The van der Waals surface area contributed by atoms with Gasteiger partial charge in [0.2, 0.25) is 0 Å². The second-order valence-corrected chi connectivity index (χ2v) is 4.75. The van der Waals surface area contributed by atoms with Crippen LogP contribution in [0.1, 0.15) is 26.7 Å². The SMILES string of the molecule is CCCCn1c2c(c(=O)[nH]c1=O)N(CC)C(S)N2. The summed E-state index contributed by atoms with van der Waals surface area (Å²) in [5, 5.41) is 3.09. The molecule has 6 nitrogen and oxygen atoms in total. The number of aromatic amines is 1. The molecule has 0 aromatic carbocycles. The number of H-pyrrole nitrogens is 1. The van der Waals surface area contributed by atoms with Gasteiger partial charge < -0.3 is 10.2 Å². The van der Waals surface area contributed by atoms with E-state index in [0.29, 0.717) is 24.6 Å². The van der Waals surface area contributed by atoms with Crippen LogP contribution in [0.5, 0.6) is 0 Å². The minimum atomic E-state index is -0.363. The number of hydrogen-bond donors (Lipinski definition) is 3. The molecule has 1 aliphatic rings. The fourth-order valence-electron chi connectivity index (χ4n) is 2.16. The highest BCUT2D eigenvalue weighted by Gasteiger charge is 2.30. The third-order valence-corrected chi connectivity index (χ3v) is 3.51. The lowest BCUT2D eigenvalue weighted by atomic mass is 10.3. The summed E-state index contributed by atoms with van der Waals surface area (Å²) in [5.41, 5.74) is -0.471. The number of nitrogens with one attached hydrogen (secondary N) is 2. The summed E-state index contributed by atoms with van der Waals surface area (Å²) in [6, 6.07) is 0. The first-order valence-electron chi connectivity index (χ1n) is 6.18. The second kappa shape index (κ2) is 5.09. The maximum Gasteiger partial charge on any atom is 0.330 e. The maximum absolute atomic E-state index is 11.9. The predicted octanol–water partition coefficient (Wildman–Crippen LogP) is 0.802. The molecule has 0 bridgehead atoms. The van der Waals surface area contributed by atoms with Crippen LogP contribution in [0.3, 0.4) is 0 Å². The predicted molar refractivity (Wildman–Crippen MR) is 75.6 cm³/mol. The fraction of sp³-hybridized carbons (Fsp3) is 0.636. The van der Waals surface area contributed by atoms with E-state index in [9.17, 15) is 9.59 Å². The Bertz CT molecular complexity index is 551. The molecule has 2 N–H and O–H groups in total. The van der Waals surface area contributed by atoms with E-state index in [1.165, 1.54) is 0 Å². The molecule has 2 heterocycles. The summed E-state index contributed by atoms with van der Waals surface area (Å²) in [6.07, 6.45) is 1.88. The third-order valence-electron chi connectivity index (χ3n) is 3.10. The van der Waals surface area contributed by atoms with Gasteiger partial charge in [-0.2, -0.15) is 0 Å². The number of thiol groups is 1. The van der Waals surface area contributed by atoms with Gasteiger partial charge in [0.05, 0.1) is 0 Å². The van der Waals surface area contributed by atoms with Crippen molar-refractivity contribution in [3.63, 3.8) is 0 Å². The van der Waals surface area contributed by atoms with E-state index in [2.05, 4.69) is 29.9 Å². The molecule has 2 rings (SSSR count). The molecule has 1 unspecified atom stereocenters. The zero-order valence-corrected chi connectivity index (χ0v) is 11.5. The van der Waals surface area contributed by atoms with Crippen LogP contribution in [0, 0.1) is 0 Å². The Morgan fingerprint density at radius 3 is 2.67 bits per heavy atom. The first kappa shape index (κ1) is 13.1. The van der Waals surface area contributed by atoms with E-state index < -0.39 is 0 Å². The first-order chi connectivity index (χ1) is 8.60. The van der Waals surface area contributed by atoms with Crippen LogP contribution in [0.4, 0.5) is 11.5 Å². The number of hydrogen-bond acceptors (Lipinski definition) is 5. The van der Waals surface area contributed by atoms with E-state index >= 15 is 0 Å². The van der Waals surface area contributed by atoms with E-state index in [4.69, 9.17) is 0 Å². The van der Waals surface area contributed by atoms with Gasteiger partial charge in [0.1, 0.15) is 17.0 Å². The molecule has 100 valence electrons. The maximum atomic E-state index is 11.9. The molecular formula is C11H18N4O2S. The average Bonchev–Trinajstić information content (AvgIpc) is 2.66. The Kier molecular flexibility index (Phi) is 3.70. The van der Waals surface area contributed by atoms with Gasteiger partial charge in [-0.1, -0.05) is 13.3 Å². The van der Waals surface area contributed by atoms with Crippen molar-refractivity contribution in [2.45, 2.75) is 38.7 Å². The highest BCUT2D eigenvalue weighted by molar-refractivity contribution is 7.81. The topological polar surface area (TPSA) is 70.1 Å². The number of anilines is 2. The lowest BCUT2D eigenvalue weighted by molar-refractivity contribution is 0.605. The van der Waals surface area contributed by atoms with Crippen LogP contribution in [-0.4, -0.2) is 21.6 Å². The molecule has 0 fully saturated rings. The van der Waals surface area contributed by atoms with Gasteiger partial charge in [-0.15, -0.1) is 12.6 Å². The van der Waals surface area contributed by atoms with Crippen LogP contribution in [0.25, 0.3) is 0 Å². The van der Waals surface area contributed by atoms with E-state index in [1.807, 2.05) is 11.8 Å². The van der Waals surface area contributed by atoms with Crippen LogP contribution in [0.15, 0.2) is 9.59 Å². The fourth-order valence-corrected chi connectivity index (χ4v) is 2.56. The van der Waals surface area contributed by atoms with Gasteiger partial charge in [0, 0.05) is 13.1 Å².